The van der Waals surface area contributed by atoms with Gasteiger partial charge in [-0.2, -0.15) is 0 Å². The van der Waals surface area contributed by atoms with Crippen molar-refractivity contribution in [1.82, 2.24) is 19.4 Å². The van der Waals surface area contributed by atoms with E-state index in [1.807, 2.05) is 48.9 Å². The van der Waals surface area contributed by atoms with Gasteiger partial charge >= 0.3 is 0 Å². The van der Waals surface area contributed by atoms with Crippen molar-refractivity contribution in [3.05, 3.63) is 29.6 Å². The molecule has 2 aromatic rings. The number of hydrogen-bond donors (Lipinski definition) is 0. The summed E-state index contributed by atoms with van der Waals surface area (Å²) in [6.07, 6.45) is 1.75. The molecule has 0 N–H and O–H groups in total. The largest absolute Gasteiger partial charge is 0.341 e. The van der Waals surface area contributed by atoms with Gasteiger partial charge in [0, 0.05) is 39.6 Å². The summed E-state index contributed by atoms with van der Waals surface area (Å²) in [6, 6.07) is 6.04. The molecule has 0 unspecified atom stereocenters. The molecule has 1 aromatic carbocycles. The van der Waals surface area contributed by atoms with Crippen molar-refractivity contribution < 1.29 is 9.59 Å². The molecule has 25 heavy (non-hydrogen) atoms. The van der Waals surface area contributed by atoms with E-state index in [4.69, 9.17) is 0 Å². The monoisotopic (exact) mass is 342 g/mol. The molecule has 6 heteroatoms. The zero-order valence-electron chi connectivity index (χ0n) is 15.3. The van der Waals surface area contributed by atoms with Crippen LogP contribution in [0.5, 0.6) is 0 Å². The third kappa shape index (κ3) is 3.67. The minimum atomic E-state index is 0.123. The molecule has 2 heterocycles. The summed E-state index contributed by atoms with van der Waals surface area (Å²) in [7, 11) is 2.00. The molecule has 0 saturated carbocycles. The predicted molar refractivity (Wildman–Crippen MR) is 97.2 cm³/mol. The molecular formula is C19H26N4O2. The Morgan fingerprint density at radius 3 is 2.44 bits per heavy atom. The SMILES string of the molecule is CCC(=O)N1CCCN(C(=O)Cc2ccc3c(c2)nc(C)n3C)CC1. The van der Waals surface area contributed by atoms with E-state index in [0.717, 1.165) is 41.9 Å². The number of hydrogen-bond acceptors (Lipinski definition) is 3. The number of benzene rings is 1. The first kappa shape index (κ1) is 17.5. The van der Waals surface area contributed by atoms with Gasteiger partial charge < -0.3 is 14.4 Å². The van der Waals surface area contributed by atoms with Crippen LogP contribution in [0.4, 0.5) is 0 Å². The van der Waals surface area contributed by atoms with Crippen LogP contribution in [0.15, 0.2) is 18.2 Å². The van der Waals surface area contributed by atoms with E-state index in [9.17, 15) is 9.59 Å². The first-order valence-corrected chi connectivity index (χ1v) is 8.97. The fourth-order valence-corrected chi connectivity index (χ4v) is 3.40. The van der Waals surface area contributed by atoms with Crippen molar-refractivity contribution in [1.29, 1.82) is 0 Å². The quantitative estimate of drug-likeness (QED) is 0.856. The van der Waals surface area contributed by atoms with Crippen LogP contribution >= 0.6 is 0 Å². The second-order valence-electron chi connectivity index (χ2n) is 6.69. The number of nitrogens with zero attached hydrogens (tertiary/aromatic N) is 4. The normalized spacial score (nSPS) is 15.5. The molecule has 134 valence electrons. The zero-order valence-corrected chi connectivity index (χ0v) is 15.3. The molecule has 6 nitrogen and oxygen atoms in total. The summed E-state index contributed by atoms with van der Waals surface area (Å²) in [4.78, 5) is 32.8. The lowest BCUT2D eigenvalue weighted by Gasteiger charge is -2.22. The van der Waals surface area contributed by atoms with Crippen LogP contribution in [0.3, 0.4) is 0 Å². The second kappa shape index (κ2) is 7.25. The number of imidazole rings is 1. The van der Waals surface area contributed by atoms with Gasteiger partial charge in [0.25, 0.3) is 0 Å². The second-order valence-corrected chi connectivity index (χ2v) is 6.69. The van der Waals surface area contributed by atoms with E-state index in [1.165, 1.54) is 0 Å². The molecule has 1 fully saturated rings. The Morgan fingerprint density at radius 2 is 1.76 bits per heavy atom. The highest BCUT2D eigenvalue weighted by molar-refractivity contribution is 5.82. The van der Waals surface area contributed by atoms with Crippen molar-refractivity contribution in [2.24, 2.45) is 7.05 Å². The Hall–Kier alpha value is -2.37. The van der Waals surface area contributed by atoms with Gasteiger partial charge in [0.05, 0.1) is 17.5 Å². The average molecular weight is 342 g/mol. The van der Waals surface area contributed by atoms with Gasteiger partial charge in [-0.05, 0) is 31.0 Å². The van der Waals surface area contributed by atoms with Crippen LogP contribution < -0.4 is 0 Å². The van der Waals surface area contributed by atoms with E-state index in [2.05, 4.69) is 9.55 Å². The summed E-state index contributed by atoms with van der Waals surface area (Å²) in [5, 5.41) is 0. The van der Waals surface area contributed by atoms with Gasteiger partial charge in [-0.1, -0.05) is 13.0 Å². The molecule has 1 aliphatic rings. The molecule has 1 aliphatic heterocycles. The van der Waals surface area contributed by atoms with Crippen LogP contribution in [-0.2, 0) is 23.1 Å². The lowest BCUT2D eigenvalue weighted by atomic mass is 10.1. The summed E-state index contributed by atoms with van der Waals surface area (Å²) in [5.41, 5.74) is 3.00. The molecule has 0 atom stereocenters. The van der Waals surface area contributed by atoms with Crippen molar-refractivity contribution in [3.8, 4) is 0 Å². The molecule has 0 aliphatic carbocycles. The van der Waals surface area contributed by atoms with Gasteiger partial charge in [-0.15, -0.1) is 0 Å². The summed E-state index contributed by atoms with van der Waals surface area (Å²) in [6.45, 7) is 6.58. The molecule has 2 amide bonds. The Morgan fingerprint density at radius 1 is 1.08 bits per heavy atom. The van der Waals surface area contributed by atoms with Crippen molar-refractivity contribution in [2.45, 2.75) is 33.1 Å². The predicted octanol–water partition coefficient (Wildman–Crippen LogP) is 1.90. The van der Waals surface area contributed by atoms with E-state index in [1.54, 1.807) is 0 Å². The van der Waals surface area contributed by atoms with E-state index < -0.39 is 0 Å². The topological polar surface area (TPSA) is 58.4 Å². The summed E-state index contributed by atoms with van der Waals surface area (Å²) >= 11 is 0. The van der Waals surface area contributed by atoms with E-state index in [-0.39, 0.29) is 11.8 Å². The number of carbonyl (C=O) groups excluding carboxylic acids is 2. The van der Waals surface area contributed by atoms with Gasteiger partial charge in [0.1, 0.15) is 5.82 Å². The molecule has 0 radical (unpaired) electrons. The minimum Gasteiger partial charge on any atom is -0.341 e. The van der Waals surface area contributed by atoms with Gasteiger partial charge in [-0.3, -0.25) is 9.59 Å². The van der Waals surface area contributed by atoms with Crippen LogP contribution in [0.2, 0.25) is 0 Å². The van der Waals surface area contributed by atoms with Gasteiger partial charge in [0.15, 0.2) is 0 Å². The molecule has 1 aromatic heterocycles. The summed E-state index contributed by atoms with van der Waals surface area (Å²) in [5.74, 6) is 1.26. The minimum absolute atomic E-state index is 0.123. The highest BCUT2D eigenvalue weighted by Crippen LogP contribution is 2.17. The van der Waals surface area contributed by atoms with Crippen molar-refractivity contribution in [2.75, 3.05) is 26.2 Å². The number of aryl methyl sites for hydroxylation is 2. The van der Waals surface area contributed by atoms with Crippen LogP contribution in [0, 0.1) is 6.92 Å². The third-order valence-corrected chi connectivity index (χ3v) is 5.03. The molecule has 0 bridgehead atoms. The van der Waals surface area contributed by atoms with Crippen LogP contribution in [-0.4, -0.2) is 57.3 Å². The van der Waals surface area contributed by atoms with E-state index in [0.29, 0.717) is 25.9 Å². The van der Waals surface area contributed by atoms with Crippen LogP contribution in [0.25, 0.3) is 11.0 Å². The Kier molecular flexibility index (Phi) is 5.06. The van der Waals surface area contributed by atoms with Crippen molar-refractivity contribution in [3.63, 3.8) is 0 Å². The lowest BCUT2D eigenvalue weighted by Crippen LogP contribution is -2.37. The lowest BCUT2D eigenvalue weighted by molar-refractivity contribution is -0.133. The van der Waals surface area contributed by atoms with Gasteiger partial charge in [0.2, 0.25) is 11.8 Å². The number of fused-ring (bicyclic) bond motifs is 1. The summed E-state index contributed by atoms with van der Waals surface area (Å²) < 4.78 is 2.05. The average Bonchev–Trinajstić information content (AvgIpc) is 2.79. The number of amides is 2. The first-order valence-electron chi connectivity index (χ1n) is 8.97. The molecule has 1 saturated heterocycles. The standard InChI is InChI=1S/C19H26N4O2/c1-4-18(24)22-8-5-9-23(11-10-22)19(25)13-15-6-7-17-16(12-15)20-14(2)21(17)3/h6-7,12H,4-5,8-11,13H2,1-3H3. The number of aromatic nitrogens is 2. The Labute approximate surface area is 148 Å². The third-order valence-electron chi connectivity index (χ3n) is 5.03. The maximum Gasteiger partial charge on any atom is 0.227 e. The maximum absolute atomic E-state index is 12.7. The van der Waals surface area contributed by atoms with Gasteiger partial charge in [-0.25, -0.2) is 4.98 Å². The maximum atomic E-state index is 12.7. The fourth-order valence-electron chi connectivity index (χ4n) is 3.40. The van der Waals surface area contributed by atoms with E-state index >= 15 is 0 Å². The molecule has 0 spiro atoms. The molecule has 3 rings (SSSR count). The smallest absolute Gasteiger partial charge is 0.227 e. The number of rotatable bonds is 3. The number of carbonyl (C=O) groups is 2. The Balaban J connectivity index is 1.66. The first-order chi connectivity index (χ1) is 12.0. The zero-order chi connectivity index (χ0) is 18.0. The van der Waals surface area contributed by atoms with Crippen LogP contribution in [0.1, 0.15) is 31.2 Å². The highest BCUT2D eigenvalue weighted by Gasteiger charge is 2.21. The fraction of sp³-hybridized carbons (Fsp3) is 0.526. The molecular weight excluding hydrogens is 316 g/mol. The Bertz CT molecular complexity index is 796. The highest BCUT2D eigenvalue weighted by atomic mass is 16.2. The van der Waals surface area contributed by atoms with Crippen molar-refractivity contribution >= 4 is 22.8 Å².